The molecule has 0 saturated carbocycles. The fourth-order valence-corrected chi connectivity index (χ4v) is 5.30. The maximum atomic E-state index is 13.8. The molecule has 0 unspecified atom stereocenters. The van der Waals surface area contributed by atoms with Crippen LogP contribution in [0, 0.1) is 0 Å². The Morgan fingerprint density at radius 1 is 0.727 bits per heavy atom. The lowest BCUT2D eigenvalue weighted by molar-refractivity contribution is 0.0947. The molecule has 0 N–H and O–H groups in total. The van der Waals surface area contributed by atoms with Crippen molar-refractivity contribution in [3.63, 3.8) is 0 Å². The number of hydrogen-bond donors (Lipinski definition) is 0. The van der Waals surface area contributed by atoms with Crippen LogP contribution >= 0.6 is 0 Å². The quantitative estimate of drug-likeness (QED) is 0.350. The topological polar surface area (TPSA) is 47.8 Å². The molecule has 0 radical (unpaired) electrons. The number of benzene rings is 4. The molecule has 0 aliphatic heterocycles. The number of nitrogens with zero attached hydrogens (tertiary/aromatic N) is 3. The van der Waals surface area contributed by atoms with Crippen LogP contribution in [0.3, 0.4) is 0 Å². The highest BCUT2D eigenvalue weighted by Crippen LogP contribution is 2.45. The Labute approximate surface area is 192 Å². The second-order valence-electron chi connectivity index (χ2n) is 8.63. The van der Waals surface area contributed by atoms with Gasteiger partial charge >= 0.3 is 0 Å². The van der Waals surface area contributed by atoms with Gasteiger partial charge in [-0.2, -0.15) is 0 Å². The Kier molecular flexibility index (Phi) is 4.65. The van der Waals surface area contributed by atoms with E-state index >= 15 is 0 Å². The second kappa shape index (κ2) is 7.82. The number of aryl methyl sites for hydroxylation is 2. The zero-order chi connectivity index (χ0) is 22.3. The normalized spacial score (nSPS) is 14.3. The van der Waals surface area contributed by atoms with Gasteiger partial charge in [-0.1, -0.05) is 96.2 Å². The summed E-state index contributed by atoms with van der Waals surface area (Å²) in [6.45, 7) is 0. The molecule has 33 heavy (non-hydrogen) atoms. The monoisotopic (exact) mass is 429 g/mol. The Bertz CT molecular complexity index is 1420. The van der Waals surface area contributed by atoms with Crippen LogP contribution in [-0.4, -0.2) is 20.8 Å². The summed E-state index contributed by atoms with van der Waals surface area (Å²) in [5.74, 6) is 0.0849. The lowest BCUT2D eigenvalue weighted by Crippen LogP contribution is -2.40. The molecule has 1 aromatic heterocycles. The predicted molar refractivity (Wildman–Crippen MR) is 129 cm³/mol. The molecule has 1 aliphatic rings. The number of ketones is 1. The number of hydrogen-bond acceptors (Lipinski definition) is 3. The minimum absolute atomic E-state index is 0.0849. The second-order valence-corrected chi connectivity index (χ2v) is 8.63. The summed E-state index contributed by atoms with van der Waals surface area (Å²) in [4.78, 5) is 13.8. The highest BCUT2D eigenvalue weighted by molar-refractivity contribution is 5.97. The van der Waals surface area contributed by atoms with Crippen molar-refractivity contribution in [3.8, 4) is 0 Å². The molecule has 0 amide bonds. The van der Waals surface area contributed by atoms with Gasteiger partial charge in [0, 0.05) is 12.0 Å². The SMILES string of the molecule is O=C(CC1(n2nnc3ccccc32)c2ccccc2CCc2ccccc21)c1ccccc1. The van der Waals surface area contributed by atoms with Crippen molar-refractivity contribution in [2.75, 3.05) is 0 Å². The number of Topliss-reactive ketones (excluding diaryl/α,β-unsaturated/α-hetero) is 1. The van der Waals surface area contributed by atoms with E-state index < -0.39 is 5.54 Å². The van der Waals surface area contributed by atoms with Crippen molar-refractivity contribution >= 4 is 16.8 Å². The van der Waals surface area contributed by atoms with Crippen LogP contribution in [0.4, 0.5) is 0 Å². The first kappa shape index (κ1) is 19.6. The first-order valence-electron chi connectivity index (χ1n) is 11.3. The van der Waals surface area contributed by atoms with E-state index in [0.29, 0.717) is 5.56 Å². The standard InChI is InChI=1S/C29H23N3O/c33-28(23-12-2-1-3-13-23)20-29(32-27-17-9-8-16-26(27)30-31-32)24-14-6-4-10-21(24)18-19-22-11-5-7-15-25(22)29/h1-17H,18-20H2. The van der Waals surface area contributed by atoms with Crippen LogP contribution in [0.2, 0.25) is 0 Å². The summed E-state index contributed by atoms with van der Waals surface area (Å²) in [6.07, 6.45) is 2.10. The van der Waals surface area contributed by atoms with Gasteiger partial charge in [0.15, 0.2) is 5.78 Å². The molecule has 0 spiro atoms. The van der Waals surface area contributed by atoms with Crippen molar-refractivity contribution < 1.29 is 4.79 Å². The number of fused-ring (bicyclic) bond motifs is 3. The summed E-state index contributed by atoms with van der Waals surface area (Å²) in [6, 6.07) is 34.5. The Morgan fingerprint density at radius 3 is 2.00 bits per heavy atom. The Hall–Kier alpha value is -4.05. The summed E-state index contributed by atoms with van der Waals surface area (Å²) in [5.41, 5.74) is 6.38. The molecule has 1 aliphatic carbocycles. The van der Waals surface area contributed by atoms with E-state index in [9.17, 15) is 4.79 Å². The zero-order valence-electron chi connectivity index (χ0n) is 18.2. The maximum Gasteiger partial charge on any atom is 0.166 e. The molecule has 0 bridgehead atoms. The molecule has 0 saturated heterocycles. The highest BCUT2D eigenvalue weighted by atomic mass is 16.1. The minimum atomic E-state index is -0.799. The van der Waals surface area contributed by atoms with E-state index in [2.05, 4.69) is 53.6 Å². The van der Waals surface area contributed by atoms with Gasteiger partial charge in [-0.3, -0.25) is 4.79 Å². The van der Waals surface area contributed by atoms with E-state index in [1.54, 1.807) is 0 Å². The third kappa shape index (κ3) is 3.10. The van der Waals surface area contributed by atoms with Crippen molar-refractivity contribution in [2.24, 2.45) is 0 Å². The molecular formula is C29H23N3O. The lowest BCUT2D eigenvalue weighted by atomic mass is 9.75. The van der Waals surface area contributed by atoms with Crippen molar-refractivity contribution in [2.45, 2.75) is 24.8 Å². The van der Waals surface area contributed by atoms with E-state index in [1.165, 1.54) is 11.1 Å². The smallest absolute Gasteiger partial charge is 0.166 e. The summed E-state index contributed by atoms with van der Waals surface area (Å²) >= 11 is 0. The van der Waals surface area contributed by atoms with Crippen LogP contribution in [0.5, 0.6) is 0 Å². The molecular weight excluding hydrogens is 406 g/mol. The first-order chi connectivity index (χ1) is 16.3. The third-order valence-electron chi connectivity index (χ3n) is 6.82. The van der Waals surface area contributed by atoms with Crippen LogP contribution in [0.15, 0.2) is 103 Å². The van der Waals surface area contributed by atoms with Gasteiger partial charge in [0.1, 0.15) is 11.1 Å². The van der Waals surface area contributed by atoms with Crippen LogP contribution < -0.4 is 0 Å². The fraction of sp³-hybridized carbons (Fsp3) is 0.138. The van der Waals surface area contributed by atoms with Gasteiger partial charge in [-0.05, 0) is 47.2 Å². The van der Waals surface area contributed by atoms with E-state index in [0.717, 1.165) is 35.0 Å². The molecule has 0 fully saturated rings. The predicted octanol–water partition coefficient (Wildman–Crippen LogP) is 5.59. The molecule has 1 heterocycles. The lowest BCUT2D eigenvalue weighted by Gasteiger charge is -2.36. The van der Waals surface area contributed by atoms with E-state index in [-0.39, 0.29) is 12.2 Å². The van der Waals surface area contributed by atoms with Crippen LogP contribution in [-0.2, 0) is 18.4 Å². The van der Waals surface area contributed by atoms with E-state index in [4.69, 9.17) is 5.21 Å². The average molecular weight is 430 g/mol. The van der Waals surface area contributed by atoms with Gasteiger partial charge in [-0.25, -0.2) is 4.68 Å². The number of rotatable bonds is 4. The largest absolute Gasteiger partial charge is 0.294 e. The zero-order valence-corrected chi connectivity index (χ0v) is 18.2. The number of para-hydroxylation sites is 1. The molecule has 6 rings (SSSR count). The first-order valence-corrected chi connectivity index (χ1v) is 11.3. The Balaban J connectivity index is 1.71. The van der Waals surface area contributed by atoms with Gasteiger partial charge in [0.05, 0.1) is 5.52 Å². The average Bonchev–Trinajstić information content (AvgIpc) is 3.26. The highest BCUT2D eigenvalue weighted by Gasteiger charge is 2.44. The van der Waals surface area contributed by atoms with Gasteiger partial charge in [0.25, 0.3) is 0 Å². The number of carbonyl (C=O) groups is 1. The molecule has 4 nitrogen and oxygen atoms in total. The van der Waals surface area contributed by atoms with Crippen molar-refractivity contribution in [3.05, 3.63) is 131 Å². The third-order valence-corrected chi connectivity index (χ3v) is 6.82. The molecule has 4 aromatic carbocycles. The molecule has 0 atom stereocenters. The van der Waals surface area contributed by atoms with E-state index in [1.807, 2.05) is 59.3 Å². The van der Waals surface area contributed by atoms with Crippen LogP contribution in [0.25, 0.3) is 11.0 Å². The molecule has 5 aromatic rings. The summed E-state index contributed by atoms with van der Waals surface area (Å²) in [5, 5.41) is 9.19. The Morgan fingerprint density at radius 2 is 1.30 bits per heavy atom. The summed E-state index contributed by atoms with van der Waals surface area (Å²) < 4.78 is 1.99. The minimum Gasteiger partial charge on any atom is -0.294 e. The summed E-state index contributed by atoms with van der Waals surface area (Å²) in [7, 11) is 0. The van der Waals surface area contributed by atoms with Gasteiger partial charge in [-0.15, -0.1) is 5.10 Å². The molecule has 160 valence electrons. The number of aromatic nitrogens is 3. The fourth-order valence-electron chi connectivity index (χ4n) is 5.30. The van der Waals surface area contributed by atoms with Gasteiger partial charge in [0.2, 0.25) is 0 Å². The number of carbonyl (C=O) groups excluding carboxylic acids is 1. The van der Waals surface area contributed by atoms with Gasteiger partial charge < -0.3 is 0 Å². The maximum absolute atomic E-state index is 13.8. The van der Waals surface area contributed by atoms with Crippen molar-refractivity contribution in [1.29, 1.82) is 0 Å². The van der Waals surface area contributed by atoms with Crippen molar-refractivity contribution in [1.82, 2.24) is 15.0 Å². The molecule has 4 heteroatoms. The van der Waals surface area contributed by atoms with Crippen LogP contribution in [0.1, 0.15) is 39.0 Å².